The zero-order valence-corrected chi connectivity index (χ0v) is 17.8. The van der Waals surface area contributed by atoms with Crippen molar-refractivity contribution < 1.29 is 0 Å². The van der Waals surface area contributed by atoms with Gasteiger partial charge in [-0.15, -0.1) is 0 Å². The summed E-state index contributed by atoms with van der Waals surface area (Å²) in [5.74, 6) is 0. The van der Waals surface area contributed by atoms with Gasteiger partial charge in [-0.05, 0) is 60.2 Å². The molecule has 1 aliphatic heterocycles. The second-order valence-corrected chi connectivity index (χ2v) is 8.76. The van der Waals surface area contributed by atoms with E-state index in [1.807, 2.05) is 0 Å². The van der Waals surface area contributed by atoms with Gasteiger partial charge in [-0.25, -0.2) is 0 Å². The minimum Gasteiger partial charge on any atom is -0.312 e. The molecule has 0 fully saturated rings. The molecule has 0 amide bonds. The van der Waals surface area contributed by atoms with Crippen LogP contribution in [-0.4, -0.2) is 4.57 Å². The number of benzene rings is 4. The lowest BCUT2D eigenvalue weighted by atomic mass is 9.83. The van der Waals surface area contributed by atoms with Gasteiger partial charge >= 0.3 is 0 Å². The molecule has 0 N–H and O–H groups in total. The van der Waals surface area contributed by atoms with Crippen molar-refractivity contribution in [3.63, 3.8) is 0 Å². The Labute approximate surface area is 183 Å². The predicted molar refractivity (Wildman–Crippen MR) is 130 cm³/mol. The monoisotopic (exact) mass is 400 g/mol. The molecule has 5 aromatic rings. The number of fused-ring (bicyclic) bond motifs is 5. The Bertz CT molecular complexity index is 1360. The fraction of sp³-hybridized carbons (Fsp3) is 0.103. The molecule has 4 aromatic carbocycles. The molecular formula is C29H24N2. The first-order valence-corrected chi connectivity index (χ1v) is 10.8. The van der Waals surface area contributed by atoms with Crippen LogP contribution in [0.3, 0.4) is 0 Å². The average Bonchev–Trinajstić information content (AvgIpc) is 3.29. The third kappa shape index (κ3) is 2.65. The first-order chi connectivity index (χ1) is 15.1. The highest BCUT2D eigenvalue weighted by Crippen LogP contribution is 2.46. The van der Waals surface area contributed by atoms with Crippen LogP contribution in [0.2, 0.25) is 0 Å². The third-order valence-electron chi connectivity index (χ3n) is 6.53. The van der Waals surface area contributed by atoms with Gasteiger partial charge in [0.25, 0.3) is 0 Å². The minimum absolute atomic E-state index is 0.00563. The average molecular weight is 401 g/mol. The van der Waals surface area contributed by atoms with Crippen LogP contribution >= 0.6 is 0 Å². The molecule has 0 saturated heterocycles. The predicted octanol–water partition coefficient (Wildman–Crippen LogP) is 7.74. The van der Waals surface area contributed by atoms with Crippen LogP contribution in [0.5, 0.6) is 0 Å². The summed E-state index contributed by atoms with van der Waals surface area (Å²) in [6, 6.07) is 39.1. The van der Waals surface area contributed by atoms with E-state index in [4.69, 9.17) is 0 Å². The van der Waals surface area contributed by atoms with Crippen molar-refractivity contribution in [3.8, 4) is 5.69 Å². The van der Waals surface area contributed by atoms with Gasteiger partial charge in [-0.3, -0.25) is 0 Å². The number of nitrogens with zero attached hydrogens (tertiary/aromatic N) is 2. The fourth-order valence-electron chi connectivity index (χ4n) is 5.00. The molecule has 0 unspecified atom stereocenters. The van der Waals surface area contributed by atoms with Gasteiger partial charge in [-0.1, -0.05) is 68.4 Å². The van der Waals surface area contributed by atoms with Crippen molar-refractivity contribution in [2.75, 3.05) is 4.90 Å². The van der Waals surface area contributed by atoms with E-state index < -0.39 is 0 Å². The molecule has 1 aliphatic rings. The van der Waals surface area contributed by atoms with E-state index >= 15 is 0 Å². The van der Waals surface area contributed by atoms with Gasteiger partial charge < -0.3 is 9.47 Å². The lowest BCUT2D eigenvalue weighted by molar-refractivity contribution is 0.645. The summed E-state index contributed by atoms with van der Waals surface area (Å²) < 4.78 is 2.43. The Kier molecular flexibility index (Phi) is 3.85. The number of hydrogen-bond acceptors (Lipinski definition) is 1. The second kappa shape index (κ2) is 6.61. The lowest BCUT2D eigenvalue weighted by Gasteiger charge is -2.25. The zero-order valence-electron chi connectivity index (χ0n) is 17.8. The fourth-order valence-corrected chi connectivity index (χ4v) is 5.00. The largest absolute Gasteiger partial charge is 0.312 e. The summed E-state index contributed by atoms with van der Waals surface area (Å²) in [5.41, 5.74) is 8.79. The van der Waals surface area contributed by atoms with Gasteiger partial charge in [-0.2, -0.15) is 0 Å². The standard InChI is InChI=1S/C29H24N2/c1-29(2)25-15-9-10-16-27(25)31-26-18-17-24(19-21(26)20-28(29)31)30(22-11-5-3-6-12-22)23-13-7-4-8-14-23/h3-20H,1-2H3. The minimum atomic E-state index is -0.00563. The molecule has 0 aliphatic carbocycles. The maximum Gasteiger partial charge on any atom is 0.0533 e. The molecular weight excluding hydrogens is 376 g/mol. The first kappa shape index (κ1) is 18.0. The molecule has 2 heterocycles. The summed E-state index contributed by atoms with van der Waals surface area (Å²) in [6.45, 7) is 4.65. The first-order valence-electron chi connectivity index (χ1n) is 10.8. The summed E-state index contributed by atoms with van der Waals surface area (Å²) in [7, 11) is 0. The van der Waals surface area contributed by atoms with Gasteiger partial charge in [0.2, 0.25) is 0 Å². The van der Waals surface area contributed by atoms with Crippen molar-refractivity contribution in [1.29, 1.82) is 0 Å². The highest BCUT2D eigenvalue weighted by atomic mass is 15.1. The number of hydrogen-bond donors (Lipinski definition) is 0. The molecule has 0 radical (unpaired) electrons. The highest BCUT2D eigenvalue weighted by molar-refractivity contribution is 5.91. The molecule has 0 saturated carbocycles. The molecule has 6 rings (SSSR count). The SMILES string of the molecule is CC1(C)c2ccccc2-n2c1cc1cc(N(c3ccccc3)c3ccccc3)ccc12. The molecule has 31 heavy (non-hydrogen) atoms. The van der Waals surface area contributed by atoms with Crippen LogP contribution in [-0.2, 0) is 5.41 Å². The maximum absolute atomic E-state index is 2.43. The van der Waals surface area contributed by atoms with Crippen molar-refractivity contribution in [2.45, 2.75) is 19.3 Å². The van der Waals surface area contributed by atoms with E-state index in [2.05, 4.69) is 133 Å². The van der Waals surface area contributed by atoms with Crippen LogP contribution in [0.1, 0.15) is 25.1 Å². The van der Waals surface area contributed by atoms with Crippen molar-refractivity contribution in [1.82, 2.24) is 4.57 Å². The van der Waals surface area contributed by atoms with Crippen LogP contribution in [0.4, 0.5) is 17.1 Å². The Morgan fingerprint density at radius 1 is 0.613 bits per heavy atom. The zero-order chi connectivity index (χ0) is 21.0. The normalized spacial score (nSPS) is 13.7. The molecule has 2 heteroatoms. The van der Waals surface area contributed by atoms with E-state index in [1.54, 1.807) is 0 Å². The number of rotatable bonds is 3. The molecule has 1 aromatic heterocycles. The van der Waals surface area contributed by atoms with Crippen LogP contribution in [0.15, 0.2) is 109 Å². The molecule has 0 spiro atoms. The highest BCUT2D eigenvalue weighted by Gasteiger charge is 2.36. The summed E-state index contributed by atoms with van der Waals surface area (Å²) in [6.07, 6.45) is 0. The van der Waals surface area contributed by atoms with E-state index in [0.717, 1.165) is 11.4 Å². The van der Waals surface area contributed by atoms with E-state index in [1.165, 1.54) is 33.5 Å². The Morgan fingerprint density at radius 2 is 1.23 bits per heavy atom. The summed E-state index contributed by atoms with van der Waals surface area (Å²) >= 11 is 0. The van der Waals surface area contributed by atoms with Gasteiger partial charge in [0.1, 0.15) is 0 Å². The quantitative estimate of drug-likeness (QED) is 0.301. The van der Waals surface area contributed by atoms with Crippen LogP contribution < -0.4 is 4.90 Å². The second-order valence-electron chi connectivity index (χ2n) is 8.76. The smallest absolute Gasteiger partial charge is 0.0533 e. The lowest BCUT2D eigenvalue weighted by Crippen LogP contribution is -2.14. The van der Waals surface area contributed by atoms with E-state index in [-0.39, 0.29) is 5.41 Å². The Hall–Kier alpha value is -3.78. The molecule has 0 bridgehead atoms. The summed E-state index contributed by atoms with van der Waals surface area (Å²) in [5, 5.41) is 1.27. The maximum atomic E-state index is 2.43. The van der Waals surface area contributed by atoms with Crippen molar-refractivity contribution in [2.24, 2.45) is 0 Å². The number of aromatic nitrogens is 1. The van der Waals surface area contributed by atoms with E-state index in [9.17, 15) is 0 Å². The van der Waals surface area contributed by atoms with Crippen LogP contribution in [0, 0.1) is 0 Å². The number of anilines is 3. The summed E-state index contributed by atoms with van der Waals surface area (Å²) in [4.78, 5) is 2.32. The van der Waals surface area contributed by atoms with E-state index in [0.29, 0.717) is 0 Å². The van der Waals surface area contributed by atoms with Crippen LogP contribution in [0.25, 0.3) is 16.6 Å². The van der Waals surface area contributed by atoms with Crippen molar-refractivity contribution >= 4 is 28.0 Å². The molecule has 2 nitrogen and oxygen atoms in total. The topological polar surface area (TPSA) is 8.17 Å². The third-order valence-corrected chi connectivity index (χ3v) is 6.53. The molecule has 0 atom stereocenters. The number of para-hydroxylation sites is 3. The molecule has 150 valence electrons. The van der Waals surface area contributed by atoms with Gasteiger partial charge in [0, 0.05) is 39.2 Å². The van der Waals surface area contributed by atoms with Gasteiger partial charge in [0.05, 0.1) is 5.52 Å². The van der Waals surface area contributed by atoms with Gasteiger partial charge in [0.15, 0.2) is 0 Å². The Morgan fingerprint density at radius 3 is 1.90 bits per heavy atom. The Balaban J connectivity index is 1.56. The van der Waals surface area contributed by atoms with Crippen molar-refractivity contribution in [3.05, 3.63) is 120 Å².